The molecular weight excluding hydrogens is 600 g/mol. The Balaban J connectivity index is 1.20. The molecule has 0 atom stereocenters. The summed E-state index contributed by atoms with van der Waals surface area (Å²) in [6.07, 6.45) is 1.71. The maximum atomic E-state index is 13.2. The lowest BCUT2D eigenvalue weighted by atomic mass is 10.1. The molecule has 0 aliphatic carbocycles. The fourth-order valence-corrected chi connectivity index (χ4v) is 6.03. The normalized spacial score (nSPS) is 11.2. The summed E-state index contributed by atoms with van der Waals surface area (Å²) in [5, 5.41) is 5.10. The van der Waals surface area contributed by atoms with Crippen LogP contribution in [0.5, 0.6) is 0 Å². The molecule has 0 aliphatic heterocycles. The molecule has 7 rings (SSSR count). The Morgan fingerprint density at radius 2 is 1.15 bits per heavy atom. The molecule has 2 heterocycles. The van der Waals surface area contributed by atoms with Gasteiger partial charge in [-0.3, -0.25) is 4.79 Å². The molecule has 0 spiro atoms. The molecule has 1 N–H and O–H groups in total. The fraction of sp³-hybridized carbons (Fsp3) is 0.0244. The molecule has 1 amide bonds. The molecule has 2 aromatic heterocycles. The van der Waals surface area contributed by atoms with E-state index in [0.29, 0.717) is 10.6 Å². The van der Waals surface area contributed by atoms with Crippen molar-refractivity contribution in [1.82, 2.24) is 14.6 Å². The van der Waals surface area contributed by atoms with Crippen molar-refractivity contribution < 1.29 is 4.79 Å². The summed E-state index contributed by atoms with van der Waals surface area (Å²) in [5.74, 6) is -0.290. The molecule has 0 aliphatic rings. The van der Waals surface area contributed by atoms with Gasteiger partial charge in [0.1, 0.15) is 0 Å². The van der Waals surface area contributed by atoms with Gasteiger partial charge in [0.25, 0.3) is 5.91 Å². The number of hydrogen-bond donors (Lipinski definition) is 1. The summed E-state index contributed by atoms with van der Waals surface area (Å²) in [6, 6.07) is 52.4. The SMILES string of the molecule is Cc1ccc(-c2ccccc2)n1-c1ccc(C(=O)N/N=C\c2cc(-c3ccccc3)n(-c3ccc(Cl)cc3)c2-c2ccccc2)cc1. The topological polar surface area (TPSA) is 51.3 Å². The smallest absolute Gasteiger partial charge is 0.271 e. The summed E-state index contributed by atoms with van der Waals surface area (Å²) in [4.78, 5) is 13.2. The molecule has 0 bridgehead atoms. The molecule has 0 unspecified atom stereocenters. The molecular formula is C41H31ClN4O. The van der Waals surface area contributed by atoms with E-state index in [9.17, 15) is 4.79 Å². The van der Waals surface area contributed by atoms with Crippen LogP contribution in [0.3, 0.4) is 0 Å². The van der Waals surface area contributed by atoms with Crippen molar-refractivity contribution in [3.63, 3.8) is 0 Å². The molecule has 47 heavy (non-hydrogen) atoms. The quantitative estimate of drug-likeness (QED) is 0.132. The number of nitrogens with one attached hydrogen (secondary N) is 1. The number of carbonyl (C=O) groups is 1. The lowest BCUT2D eigenvalue weighted by molar-refractivity contribution is 0.0955. The van der Waals surface area contributed by atoms with Crippen molar-refractivity contribution in [2.75, 3.05) is 0 Å². The van der Waals surface area contributed by atoms with Crippen molar-refractivity contribution >= 4 is 23.7 Å². The third-order valence-electron chi connectivity index (χ3n) is 8.13. The van der Waals surface area contributed by atoms with Crippen molar-refractivity contribution in [3.05, 3.63) is 180 Å². The third kappa shape index (κ3) is 6.17. The zero-order valence-electron chi connectivity index (χ0n) is 25.7. The first-order valence-corrected chi connectivity index (χ1v) is 15.7. The molecule has 0 fully saturated rings. The minimum Gasteiger partial charge on any atom is -0.314 e. The highest BCUT2D eigenvalue weighted by Gasteiger charge is 2.19. The van der Waals surface area contributed by atoms with Crippen molar-refractivity contribution in [2.45, 2.75) is 6.92 Å². The van der Waals surface area contributed by atoms with Crippen LogP contribution >= 0.6 is 11.6 Å². The van der Waals surface area contributed by atoms with Crippen LogP contribution in [0.15, 0.2) is 163 Å². The van der Waals surface area contributed by atoms with Crippen LogP contribution in [0.1, 0.15) is 21.6 Å². The highest BCUT2D eigenvalue weighted by Crippen LogP contribution is 2.36. The highest BCUT2D eigenvalue weighted by molar-refractivity contribution is 6.30. The van der Waals surface area contributed by atoms with Crippen LogP contribution in [0.2, 0.25) is 5.02 Å². The van der Waals surface area contributed by atoms with Gasteiger partial charge < -0.3 is 9.13 Å². The Hall–Kier alpha value is -5.91. The molecule has 6 heteroatoms. The van der Waals surface area contributed by atoms with Crippen LogP contribution in [-0.4, -0.2) is 21.3 Å². The Morgan fingerprint density at radius 3 is 1.77 bits per heavy atom. The number of hydrogen-bond acceptors (Lipinski definition) is 2. The molecule has 0 radical (unpaired) electrons. The average molecular weight is 631 g/mol. The second-order valence-electron chi connectivity index (χ2n) is 11.2. The van der Waals surface area contributed by atoms with Crippen molar-refractivity contribution in [2.24, 2.45) is 5.10 Å². The summed E-state index contributed by atoms with van der Waals surface area (Å²) in [5.41, 5.74) is 13.4. The van der Waals surface area contributed by atoms with E-state index < -0.39 is 0 Å². The van der Waals surface area contributed by atoms with Crippen molar-refractivity contribution in [1.29, 1.82) is 0 Å². The van der Waals surface area contributed by atoms with Gasteiger partial charge in [-0.05, 0) is 90.3 Å². The third-order valence-corrected chi connectivity index (χ3v) is 8.39. The predicted molar refractivity (Wildman–Crippen MR) is 193 cm³/mol. The molecule has 5 nitrogen and oxygen atoms in total. The maximum absolute atomic E-state index is 13.2. The number of amides is 1. The van der Waals surface area contributed by atoms with Gasteiger partial charge in [0.05, 0.1) is 23.3 Å². The van der Waals surface area contributed by atoms with Crippen molar-refractivity contribution in [3.8, 4) is 45.1 Å². The van der Waals surface area contributed by atoms with Gasteiger partial charge in [-0.15, -0.1) is 0 Å². The number of aromatic nitrogens is 2. The van der Waals surface area contributed by atoms with E-state index in [4.69, 9.17) is 11.6 Å². The molecule has 228 valence electrons. The summed E-state index contributed by atoms with van der Waals surface area (Å²) in [6.45, 7) is 2.08. The first kappa shape index (κ1) is 29.8. The molecule has 0 saturated carbocycles. The van der Waals surface area contributed by atoms with Gasteiger partial charge in [0, 0.05) is 33.2 Å². The Labute approximate surface area is 279 Å². The zero-order chi connectivity index (χ0) is 32.2. The van der Waals surface area contributed by atoms with Gasteiger partial charge in [-0.25, -0.2) is 5.43 Å². The lowest BCUT2D eigenvalue weighted by Crippen LogP contribution is -2.17. The number of nitrogens with zero attached hydrogens (tertiary/aromatic N) is 3. The summed E-state index contributed by atoms with van der Waals surface area (Å²) >= 11 is 6.27. The van der Waals surface area contributed by atoms with Gasteiger partial charge in [0.2, 0.25) is 0 Å². The van der Waals surface area contributed by atoms with E-state index in [1.165, 1.54) is 0 Å². The maximum Gasteiger partial charge on any atom is 0.271 e. The van der Waals surface area contributed by atoms with E-state index in [-0.39, 0.29) is 5.91 Å². The standard InChI is InChI=1S/C41H31ClN4O/c1-29-17-26-38(30-11-5-2-6-12-30)45(29)36-22-18-33(19-23-36)41(47)44-43-28-34-27-39(31-13-7-3-8-14-31)46(37-24-20-35(42)21-25-37)40(34)32-15-9-4-10-16-32/h2-28H,1H3,(H,44,47)/b43-28-. The zero-order valence-corrected chi connectivity index (χ0v) is 26.5. The monoisotopic (exact) mass is 630 g/mol. The molecule has 5 aromatic carbocycles. The number of aryl methyl sites for hydroxylation is 1. The second kappa shape index (κ2) is 13.2. The lowest BCUT2D eigenvalue weighted by Gasteiger charge is -2.15. The van der Waals surface area contributed by atoms with Crippen LogP contribution in [0.25, 0.3) is 45.1 Å². The minimum atomic E-state index is -0.290. The van der Waals surface area contributed by atoms with Crippen LogP contribution in [0, 0.1) is 6.92 Å². The van der Waals surface area contributed by atoms with Gasteiger partial charge >= 0.3 is 0 Å². The highest BCUT2D eigenvalue weighted by atomic mass is 35.5. The number of halogens is 1. The van der Waals surface area contributed by atoms with E-state index in [2.05, 4.69) is 81.2 Å². The number of hydrazone groups is 1. The second-order valence-corrected chi connectivity index (χ2v) is 11.6. The molecule has 0 saturated heterocycles. The largest absolute Gasteiger partial charge is 0.314 e. The summed E-state index contributed by atoms with van der Waals surface area (Å²) < 4.78 is 4.39. The Kier molecular flexibility index (Phi) is 8.37. The minimum absolute atomic E-state index is 0.290. The van der Waals surface area contributed by atoms with Crippen LogP contribution in [-0.2, 0) is 0 Å². The number of rotatable bonds is 8. The molecule has 7 aromatic rings. The average Bonchev–Trinajstić information content (AvgIpc) is 3.70. The fourth-order valence-electron chi connectivity index (χ4n) is 5.90. The van der Waals surface area contributed by atoms with Gasteiger partial charge in [-0.1, -0.05) is 103 Å². The van der Waals surface area contributed by atoms with Gasteiger partial charge in [-0.2, -0.15) is 5.10 Å². The summed E-state index contributed by atoms with van der Waals surface area (Å²) in [7, 11) is 0. The van der Waals surface area contributed by atoms with Crippen LogP contribution < -0.4 is 5.43 Å². The predicted octanol–water partition coefficient (Wildman–Crippen LogP) is 9.99. The van der Waals surface area contributed by atoms with E-state index in [0.717, 1.165) is 56.4 Å². The van der Waals surface area contributed by atoms with Gasteiger partial charge in [0.15, 0.2) is 0 Å². The Morgan fingerprint density at radius 1 is 0.617 bits per heavy atom. The number of benzene rings is 5. The van der Waals surface area contributed by atoms with Crippen LogP contribution in [0.4, 0.5) is 0 Å². The number of carbonyl (C=O) groups excluding carboxylic acids is 1. The first-order chi connectivity index (χ1) is 23.1. The van der Waals surface area contributed by atoms with E-state index >= 15 is 0 Å². The Bertz CT molecular complexity index is 2170. The van der Waals surface area contributed by atoms with E-state index in [1.807, 2.05) is 103 Å². The first-order valence-electron chi connectivity index (χ1n) is 15.4. The van der Waals surface area contributed by atoms with E-state index in [1.54, 1.807) is 6.21 Å².